The van der Waals surface area contributed by atoms with Crippen molar-refractivity contribution in [3.63, 3.8) is 0 Å². The monoisotopic (exact) mass is 596 g/mol. The molecule has 0 atom stereocenters. The maximum atomic E-state index is 12.6. The smallest absolute Gasteiger partial charge is 0.0894 e. The predicted molar refractivity (Wildman–Crippen MR) is 169 cm³/mol. The first-order valence-corrected chi connectivity index (χ1v) is 17.6. The van der Waals surface area contributed by atoms with Gasteiger partial charge >= 0.3 is 0 Å². The molecule has 0 spiro atoms. The maximum absolute atomic E-state index is 12.6. The van der Waals surface area contributed by atoms with Crippen LogP contribution in [0.4, 0.5) is 4.39 Å². The number of thiophene rings is 6. The Balaban J connectivity index is 1.54. The summed E-state index contributed by atoms with van der Waals surface area (Å²) in [6, 6.07) is 17.7. The molecule has 0 nitrogen and oxygen atoms in total. The van der Waals surface area contributed by atoms with Gasteiger partial charge in [-0.05, 0) is 76.0 Å². The third-order valence-electron chi connectivity index (χ3n) is 6.36. The molecular formula is C30H25FS6. The molecule has 6 heterocycles. The second-order valence-corrected chi connectivity index (χ2v) is 14.4. The normalized spacial score (nSPS) is 11.5. The molecule has 0 radical (unpaired) electrons. The van der Waals surface area contributed by atoms with Gasteiger partial charge in [0.1, 0.15) is 0 Å². The highest BCUT2D eigenvalue weighted by atomic mass is 32.1. The molecule has 37 heavy (non-hydrogen) atoms. The van der Waals surface area contributed by atoms with E-state index in [-0.39, 0.29) is 6.67 Å². The van der Waals surface area contributed by atoms with Crippen LogP contribution in [-0.4, -0.2) is 6.67 Å². The van der Waals surface area contributed by atoms with E-state index in [2.05, 4.69) is 75.4 Å². The molecule has 6 aromatic heterocycles. The van der Waals surface area contributed by atoms with Crippen LogP contribution in [0.3, 0.4) is 0 Å². The molecule has 6 aromatic rings. The summed E-state index contributed by atoms with van der Waals surface area (Å²) in [7, 11) is 0. The van der Waals surface area contributed by atoms with Crippen LogP contribution in [0.5, 0.6) is 0 Å². The second-order valence-electron chi connectivity index (χ2n) is 8.74. The minimum atomic E-state index is -0.202. The van der Waals surface area contributed by atoms with E-state index in [0.717, 1.165) is 25.7 Å². The first kappa shape index (κ1) is 25.4. The first-order chi connectivity index (χ1) is 18.3. The van der Waals surface area contributed by atoms with Gasteiger partial charge < -0.3 is 0 Å². The van der Waals surface area contributed by atoms with E-state index < -0.39 is 0 Å². The molecule has 0 fully saturated rings. The molecule has 188 valence electrons. The van der Waals surface area contributed by atoms with Crippen molar-refractivity contribution in [2.45, 2.75) is 32.1 Å². The zero-order chi connectivity index (χ0) is 25.0. The van der Waals surface area contributed by atoms with Gasteiger partial charge in [0, 0.05) is 36.2 Å². The summed E-state index contributed by atoms with van der Waals surface area (Å²) < 4.78 is 12.6. The summed E-state index contributed by atoms with van der Waals surface area (Å²) in [6.07, 6.45) is 4.90. The van der Waals surface area contributed by atoms with Crippen LogP contribution in [0.1, 0.15) is 31.2 Å². The fraction of sp³-hybridized carbons (Fsp3) is 0.200. The van der Waals surface area contributed by atoms with Gasteiger partial charge in [0.15, 0.2) is 0 Å². The van der Waals surface area contributed by atoms with E-state index in [4.69, 9.17) is 0 Å². The van der Waals surface area contributed by atoms with Gasteiger partial charge in [-0.15, -0.1) is 68.0 Å². The van der Waals surface area contributed by atoms with Crippen molar-refractivity contribution < 1.29 is 4.39 Å². The average Bonchev–Trinajstić information content (AvgIpc) is 3.74. The van der Waals surface area contributed by atoms with Gasteiger partial charge in [-0.3, -0.25) is 4.39 Å². The highest BCUT2D eigenvalue weighted by Gasteiger charge is 2.28. The zero-order valence-corrected chi connectivity index (χ0v) is 25.0. The summed E-state index contributed by atoms with van der Waals surface area (Å²) in [5.41, 5.74) is 5.58. The fourth-order valence-corrected chi connectivity index (χ4v) is 10.7. The average molecular weight is 597 g/mol. The number of rotatable bonds is 11. The molecular weight excluding hydrogens is 572 g/mol. The summed E-state index contributed by atoms with van der Waals surface area (Å²) in [5, 5.41) is 11.1. The van der Waals surface area contributed by atoms with Crippen LogP contribution in [0.25, 0.3) is 50.8 Å². The topological polar surface area (TPSA) is 0 Å². The maximum Gasteiger partial charge on any atom is 0.0894 e. The Bertz CT molecular complexity index is 1510. The van der Waals surface area contributed by atoms with Crippen molar-refractivity contribution in [2.75, 3.05) is 6.67 Å². The summed E-state index contributed by atoms with van der Waals surface area (Å²) in [6.45, 7) is -0.202. The van der Waals surface area contributed by atoms with Crippen LogP contribution in [0.2, 0.25) is 0 Å². The van der Waals surface area contributed by atoms with Gasteiger partial charge in [0.05, 0.1) is 21.3 Å². The highest BCUT2D eigenvalue weighted by molar-refractivity contribution is 7.28. The Hall–Kier alpha value is -1.87. The molecule has 0 amide bonds. The number of hydrogen-bond donors (Lipinski definition) is 0. The minimum absolute atomic E-state index is 0.202. The van der Waals surface area contributed by atoms with E-state index >= 15 is 0 Å². The molecule has 0 unspecified atom stereocenters. The van der Waals surface area contributed by atoms with Gasteiger partial charge in [-0.1, -0.05) is 37.1 Å². The Morgan fingerprint density at radius 2 is 1.05 bits per heavy atom. The van der Waals surface area contributed by atoms with E-state index in [1.165, 1.54) is 56.4 Å². The lowest BCUT2D eigenvalue weighted by atomic mass is 9.99. The van der Waals surface area contributed by atoms with Crippen LogP contribution in [0.15, 0.2) is 75.4 Å². The summed E-state index contributed by atoms with van der Waals surface area (Å²) in [5.74, 6) is 0. The van der Waals surface area contributed by atoms with E-state index in [1.54, 1.807) is 0 Å². The lowest BCUT2D eigenvalue weighted by Crippen LogP contribution is -1.88. The van der Waals surface area contributed by atoms with Crippen molar-refractivity contribution in [2.24, 2.45) is 0 Å². The van der Waals surface area contributed by atoms with Crippen molar-refractivity contribution in [3.05, 3.63) is 81.0 Å². The van der Waals surface area contributed by atoms with Gasteiger partial charge in [-0.2, -0.15) is 0 Å². The molecule has 7 heteroatoms. The van der Waals surface area contributed by atoms with Gasteiger partial charge in [-0.25, -0.2) is 0 Å². The molecule has 0 aliphatic carbocycles. The highest BCUT2D eigenvalue weighted by Crippen LogP contribution is 2.57. The molecule has 0 N–H and O–H groups in total. The third-order valence-corrected chi connectivity index (χ3v) is 12.5. The number of unbranched alkanes of at least 4 members (excludes halogenated alkanes) is 3. The lowest BCUT2D eigenvalue weighted by Gasteiger charge is -2.09. The Labute approximate surface area is 241 Å². The molecule has 0 aromatic carbocycles. The molecule has 0 saturated heterocycles. The Morgan fingerprint density at radius 3 is 1.62 bits per heavy atom. The summed E-state index contributed by atoms with van der Waals surface area (Å²) in [4.78, 5) is 9.47. The largest absolute Gasteiger partial charge is 0.251 e. The predicted octanol–water partition coefficient (Wildman–Crippen LogP) is 12.5. The lowest BCUT2D eigenvalue weighted by molar-refractivity contribution is 0.453. The molecule has 0 aliphatic rings. The Morgan fingerprint density at radius 1 is 0.514 bits per heavy atom. The van der Waals surface area contributed by atoms with Gasteiger partial charge in [0.25, 0.3) is 0 Å². The number of alkyl halides is 1. The number of aryl methyl sites for hydroxylation is 1. The van der Waals surface area contributed by atoms with Crippen molar-refractivity contribution in [1.29, 1.82) is 0 Å². The molecule has 0 bridgehead atoms. The van der Waals surface area contributed by atoms with Crippen LogP contribution >= 0.6 is 68.0 Å². The number of hydrogen-bond acceptors (Lipinski definition) is 6. The van der Waals surface area contributed by atoms with E-state index in [0.29, 0.717) is 6.42 Å². The van der Waals surface area contributed by atoms with Crippen molar-refractivity contribution in [1.82, 2.24) is 0 Å². The van der Waals surface area contributed by atoms with E-state index in [9.17, 15) is 4.39 Å². The standard InChI is InChI=1S/C30H25FS6/c31-14-4-2-1-3-9-20-19-36-29(25(20)21-10-5-15-32-21)30-27(23-12-7-17-34-23)26(22-11-6-16-33-22)28(37-30)24-13-8-18-35-24/h5-8,10-13,15-19H,1-4,9,14H2. The molecule has 6 rings (SSSR count). The van der Waals surface area contributed by atoms with E-state index in [1.807, 2.05) is 68.0 Å². The van der Waals surface area contributed by atoms with Crippen molar-refractivity contribution >= 4 is 68.0 Å². The van der Waals surface area contributed by atoms with Crippen LogP contribution < -0.4 is 0 Å². The third kappa shape index (κ3) is 5.22. The molecule has 0 saturated carbocycles. The Kier molecular flexibility index (Phi) is 8.17. The SMILES string of the molecule is FCCCCCCc1csc(-c2sc(-c3cccs3)c(-c3cccs3)c2-c2cccs2)c1-c1cccs1. The summed E-state index contributed by atoms with van der Waals surface area (Å²) >= 11 is 11.2. The first-order valence-electron chi connectivity index (χ1n) is 12.3. The number of halogens is 1. The van der Waals surface area contributed by atoms with Gasteiger partial charge in [0.2, 0.25) is 0 Å². The zero-order valence-electron chi connectivity index (χ0n) is 20.1. The van der Waals surface area contributed by atoms with Crippen molar-refractivity contribution in [3.8, 4) is 50.8 Å². The second kappa shape index (κ2) is 11.9. The molecule has 0 aliphatic heterocycles. The fourth-order valence-electron chi connectivity index (χ4n) is 4.68. The quantitative estimate of drug-likeness (QED) is 0.131. The van der Waals surface area contributed by atoms with Crippen LogP contribution in [0, 0.1) is 0 Å². The minimum Gasteiger partial charge on any atom is -0.251 e. The van der Waals surface area contributed by atoms with Crippen LogP contribution in [-0.2, 0) is 6.42 Å².